The number of carbonyl (C=O) groups is 5. The minimum absolute atomic E-state index is 0.00895. The number of aliphatic carboxylic acids is 1. The molecule has 3 N–H and O–H groups in total. The number of amides is 4. The molecule has 51 heavy (non-hydrogen) atoms. The highest BCUT2D eigenvalue weighted by Crippen LogP contribution is 2.31. The zero-order chi connectivity index (χ0) is 36.1. The fourth-order valence-electron chi connectivity index (χ4n) is 6.08. The fourth-order valence-corrected chi connectivity index (χ4v) is 6.08. The van der Waals surface area contributed by atoms with Gasteiger partial charge in [0.25, 0.3) is 11.8 Å². The molecule has 1 aliphatic heterocycles. The molecule has 2 aromatic heterocycles. The lowest BCUT2D eigenvalue weighted by Crippen LogP contribution is -2.52. The number of hydrogen-bond acceptors (Lipinski definition) is 8. The monoisotopic (exact) mass is 694 g/mol. The Morgan fingerprint density at radius 1 is 0.804 bits per heavy atom. The van der Waals surface area contributed by atoms with Crippen molar-refractivity contribution in [1.82, 2.24) is 20.4 Å². The number of benzene rings is 3. The first-order valence-corrected chi connectivity index (χ1v) is 16.7. The molecule has 0 bridgehead atoms. The van der Waals surface area contributed by atoms with E-state index >= 15 is 0 Å². The highest BCUT2D eigenvalue weighted by atomic mass is 16.6. The Balaban J connectivity index is 1.05. The molecule has 13 nitrogen and oxygen atoms in total. The molecule has 3 aromatic carbocycles. The Bertz CT molecular complexity index is 2040. The molecular formula is C38H38N4O9. The van der Waals surface area contributed by atoms with Crippen LogP contribution in [0.15, 0.2) is 94.0 Å². The first kappa shape index (κ1) is 34.7. The Kier molecular flexibility index (Phi) is 10.4. The minimum atomic E-state index is -1.29. The van der Waals surface area contributed by atoms with E-state index in [-0.39, 0.29) is 54.8 Å². The number of para-hydroxylation sites is 2. The van der Waals surface area contributed by atoms with Crippen molar-refractivity contribution in [3.8, 4) is 5.75 Å². The summed E-state index contributed by atoms with van der Waals surface area (Å²) in [6.45, 7) is 5.04. The van der Waals surface area contributed by atoms with Crippen molar-refractivity contribution in [1.29, 1.82) is 0 Å². The largest absolute Gasteiger partial charge is 0.480 e. The number of rotatable bonds is 11. The smallest absolute Gasteiger partial charge is 0.415 e. The summed E-state index contributed by atoms with van der Waals surface area (Å²) in [4.78, 5) is 67.6. The summed E-state index contributed by atoms with van der Waals surface area (Å²) in [6, 6.07) is 19.9. The van der Waals surface area contributed by atoms with E-state index in [4.69, 9.17) is 13.6 Å². The number of carboxylic acid groups (broad SMARTS) is 1. The van der Waals surface area contributed by atoms with Crippen molar-refractivity contribution in [2.75, 3.05) is 26.2 Å². The van der Waals surface area contributed by atoms with E-state index in [1.54, 1.807) is 53.4 Å². The number of nitrogens with zero attached hydrogens (tertiary/aromatic N) is 2. The number of hydrogen-bond donors (Lipinski definition) is 3. The maximum Gasteiger partial charge on any atom is 0.415 e. The Morgan fingerprint density at radius 2 is 1.51 bits per heavy atom. The van der Waals surface area contributed by atoms with Crippen LogP contribution in [0.5, 0.6) is 5.75 Å². The van der Waals surface area contributed by atoms with Crippen LogP contribution in [-0.4, -0.2) is 83.0 Å². The van der Waals surface area contributed by atoms with Crippen LogP contribution in [-0.2, 0) is 16.0 Å². The second-order valence-electron chi connectivity index (χ2n) is 12.8. The second kappa shape index (κ2) is 15.2. The van der Waals surface area contributed by atoms with Gasteiger partial charge in [0, 0.05) is 43.4 Å². The number of fused-ring (bicyclic) bond motifs is 3. The van der Waals surface area contributed by atoms with Crippen LogP contribution in [0.4, 0.5) is 4.79 Å². The number of ether oxygens (including phenoxy) is 1. The van der Waals surface area contributed by atoms with Gasteiger partial charge in [-0.25, -0.2) is 9.59 Å². The first-order valence-electron chi connectivity index (χ1n) is 16.7. The number of nitrogens with one attached hydrogen (secondary N) is 2. The molecule has 6 rings (SSSR count). The van der Waals surface area contributed by atoms with Gasteiger partial charge in [0.2, 0.25) is 5.91 Å². The van der Waals surface area contributed by atoms with Gasteiger partial charge in [-0.1, -0.05) is 56.3 Å². The Hall–Kier alpha value is -6.11. The highest BCUT2D eigenvalue weighted by molar-refractivity contribution is 6.13. The SMILES string of the molecule is CC(C)C[C@H](NC(=O)c1cccc2c1oc1ccccc12)C(=O)N[C@@H](Cc1ccc(OC(=O)N2CCN(C(=O)c3ccco3)CC2)cc1)C(=O)O. The molecule has 264 valence electrons. The molecule has 1 saturated heterocycles. The topological polar surface area (TPSA) is 172 Å². The summed E-state index contributed by atoms with van der Waals surface area (Å²) < 4.78 is 16.7. The maximum atomic E-state index is 13.5. The molecule has 13 heteroatoms. The molecule has 0 spiro atoms. The van der Waals surface area contributed by atoms with Crippen molar-refractivity contribution in [3.63, 3.8) is 0 Å². The van der Waals surface area contributed by atoms with Crippen LogP contribution in [0.1, 0.15) is 46.7 Å². The Morgan fingerprint density at radius 3 is 2.20 bits per heavy atom. The third-order valence-corrected chi connectivity index (χ3v) is 8.72. The van der Waals surface area contributed by atoms with Gasteiger partial charge >= 0.3 is 12.1 Å². The first-order chi connectivity index (χ1) is 24.6. The van der Waals surface area contributed by atoms with Crippen molar-refractivity contribution in [2.24, 2.45) is 5.92 Å². The molecule has 1 aliphatic rings. The van der Waals surface area contributed by atoms with Crippen LogP contribution < -0.4 is 15.4 Å². The average Bonchev–Trinajstić information content (AvgIpc) is 3.80. The molecular weight excluding hydrogens is 656 g/mol. The van der Waals surface area contributed by atoms with Crippen LogP contribution >= 0.6 is 0 Å². The molecule has 2 atom stereocenters. The van der Waals surface area contributed by atoms with Gasteiger partial charge in [-0.15, -0.1) is 0 Å². The molecule has 0 saturated carbocycles. The van der Waals surface area contributed by atoms with Crippen LogP contribution in [0.25, 0.3) is 21.9 Å². The number of carboxylic acids is 1. The quantitative estimate of drug-likeness (QED) is 0.170. The predicted molar refractivity (Wildman–Crippen MR) is 186 cm³/mol. The second-order valence-corrected chi connectivity index (χ2v) is 12.8. The fraction of sp³-hybridized carbons (Fsp3) is 0.289. The highest BCUT2D eigenvalue weighted by Gasteiger charge is 2.30. The zero-order valence-corrected chi connectivity index (χ0v) is 28.2. The van der Waals surface area contributed by atoms with Crippen LogP contribution in [0.3, 0.4) is 0 Å². The number of piperazine rings is 1. The van der Waals surface area contributed by atoms with E-state index in [1.165, 1.54) is 11.2 Å². The van der Waals surface area contributed by atoms with Crippen molar-refractivity contribution in [2.45, 2.75) is 38.8 Å². The minimum Gasteiger partial charge on any atom is -0.480 e. The van der Waals surface area contributed by atoms with Gasteiger partial charge in [0.15, 0.2) is 5.76 Å². The van der Waals surface area contributed by atoms with Crippen LogP contribution in [0.2, 0.25) is 0 Å². The van der Waals surface area contributed by atoms with Crippen molar-refractivity contribution in [3.05, 3.63) is 102 Å². The third kappa shape index (κ3) is 8.04. The lowest BCUT2D eigenvalue weighted by atomic mass is 10.0. The predicted octanol–water partition coefficient (Wildman–Crippen LogP) is 5.09. The van der Waals surface area contributed by atoms with Gasteiger partial charge in [0.1, 0.15) is 29.0 Å². The molecule has 0 unspecified atom stereocenters. The Labute approximate surface area is 293 Å². The molecule has 3 heterocycles. The molecule has 0 aliphatic carbocycles. The van der Waals surface area contributed by atoms with Gasteiger partial charge < -0.3 is 39.1 Å². The summed E-state index contributed by atoms with van der Waals surface area (Å²) >= 11 is 0. The standard InChI is InChI=1S/C38H38N4O9/c1-23(2)21-29(39-34(43)28-9-5-8-27-26-7-3-4-10-31(26)51-33(27)28)35(44)40-30(37(46)47)22-24-12-14-25(15-13-24)50-38(48)42-18-16-41(17-19-42)36(45)32-11-6-20-49-32/h3-15,20,23,29-30H,16-19,21-22H2,1-2H3,(H,39,43)(H,40,44)(H,46,47)/t29-,30-/m0/s1. The number of furan rings is 2. The summed E-state index contributed by atoms with van der Waals surface area (Å²) in [5.41, 5.74) is 1.88. The van der Waals surface area contributed by atoms with Gasteiger partial charge in [0.05, 0.1) is 11.8 Å². The lowest BCUT2D eigenvalue weighted by Gasteiger charge is -2.33. The summed E-state index contributed by atoms with van der Waals surface area (Å²) in [5.74, 6) is -2.12. The van der Waals surface area contributed by atoms with Crippen LogP contribution in [0, 0.1) is 5.92 Å². The normalized spacial score (nSPS) is 14.3. The molecule has 1 fully saturated rings. The molecule has 5 aromatic rings. The van der Waals surface area contributed by atoms with E-state index in [1.807, 2.05) is 44.2 Å². The molecule has 4 amide bonds. The van der Waals surface area contributed by atoms with Gasteiger partial charge in [-0.05, 0) is 54.3 Å². The third-order valence-electron chi connectivity index (χ3n) is 8.72. The van der Waals surface area contributed by atoms with Crippen molar-refractivity contribution < 1.29 is 42.7 Å². The van der Waals surface area contributed by atoms with E-state index in [2.05, 4.69) is 10.6 Å². The van der Waals surface area contributed by atoms with Gasteiger partial charge in [-0.3, -0.25) is 14.4 Å². The summed E-state index contributed by atoms with van der Waals surface area (Å²) in [7, 11) is 0. The molecule has 0 radical (unpaired) electrons. The van der Waals surface area contributed by atoms with E-state index in [9.17, 15) is 29.1 Å². The van der Waals surface area contributed by atoms with E-state index in [0.717, 1.165) is 10.8 Å². The summed E-state index contributed by atoms with van der Waals surface area (Å²) in [6.07, 6.45) is 1.08. The summed E-state index contributed by atoms with van der Waals surface area (Å²) in [5, 5.41) is 17.0. The van der Waals surface area contributed by atoms with E-state index in [0.29, 0.717) is 29.8 Å². The number of carbonyl (C=O) groups excluding carboxylic acids is 4. The van der Waals surface area contributed by atoms with E-state index < -0.39 is 36.0 Å². The lowest BCUT2D eigenvalue weighted by molar-refractivity contribution is -0.142. The maximum absolute atomic E-state index is 13.5. The average molecular weight is 695 g/mol. The zero-order valence-electron chi connectivity index (χ0n) is 28.2. The van der Waals surface area contributed by atoms with Gasteiger partial charge in [-0.2, -0.15) is 0 Å². The van der Waals surface area contributed by atoms with Crippen molar-refractivity contribution >= 4 is 51.7 Å².